The fourth-order valence-electron chi connectivity index (χ4n) is 1.50. The largest absolute Gasteiger partial charge is 0.348 e. The first kappa shape index (κ1) is 13.0. The fraction of sp³-hybridized carbons (Fsp3) is 0.0667. The summed E-state index contributed by atoms with van der Waals surface area (Å²) in [6.07, 6.45) is 6.48. The highest BCUT2D eigenvalue weighted by atomic mass is 19.1. The van der Waals surface area contributed by atoms with Crippen LogP contribution in [0.2, 0.25) is 0 Å². The van der Waals surface area contributed by atoms with Crippen molar-refractivity contribution in [1.82, 2.24) is 10.3 Å². The summed E-state index contributed by atoms with van der Waals surface area (Å²) in [7, 11) is 0. The van der Waals surface area contributed by atoms with E-state index in [2.05, 4.69) is 10.3 Å². The molecule has 0 aliphatic rings. The van der Waals surface area contributed by atoms with Crippen molar-refractivity contribution < 1.29 is 9.18 Å². The van der Waals surface area contributed by atoms with Crippen molar-refractivity contribution in [3.63, 3.8) is 0 Å². The topological polar surface area (TPSA) is 42.0 Å². The molecule has 2 aromatic rings. The fourth-order valence-corrected chi connectivity index (χ4v) is 1.50. The minimum atomic E-state index is -0.286. The number of nitrogens with zero attached hydrogens (tertiary/aromatic N) is 1. The van der Waals surface area contributed by atoms with Crippen LogP contribution in [0.5, 0.6) is 0 Å². The summed E-state index contributed by atoms with van der Waals surface area (Å²) in [6.45, 7) is 0.372. The molecular weight excluding hydrogens is 243 g/mol. The van der Waals surface area contributed by atoms with Crippen molar-refractivity contribution in [3.8, 4) is 0 Å². The first-order valence-corrected chi connectivity index (χ1v) is 5.84. The van der Waals surface area contributed by atoms with Crippen LogP contribution in [0.3, 0.4) is 0 Å². The van der Waals surface area contributed by atoms with Gasteiger partial charge in [-0.2, -0.15) is 0 Å². The Balaban J connectivity index is 1.85. The monoisotopic (exact) mass is 256 g/mol. The molecule has 1 N–H and O–H groups in total. The third-order valence-corrected chi connectivity index (χ3v) is 2.49. The van der Waals surface area contributed by atoms with Gasteiger partial charge in [-0.25, -0.2) is 4.39 Å². The van der Waals surface area contributed by atoms with Crippen molar-refractivity contribution in [2.45, 2.75) is 6.54 Å². The Hall–Kier alpha value is -2.49. The zero-order chi connectivity index (χ0) is 13.5. The molecule has 1 aromatic carbocycles. The normalized spacial score (nSPS) is 10.6. The third kappa shape index (κ3) is 4.35. The van der Waals surface area contributed by atoms with E-state index in [1.165, 1.54) is 18.2 Å². The van der Waals surface area contributed by atoms with Crippen LogP contribution in [0.1, 0.15) is 11.1 Å². The first-order valence-electron chi connectivity index (χ1n) is 5.84. The van der Waals surface area contributed by atoms with E-state index >= 15 is 0 Å². The summed E-state index contributed by atoms with van der Waals surface area (Å²) in [5.41, 5.74) is 1.71. The molecule has 0 saturated heterocycles. The molecular formula is C15H13FN2O. The molecule has 0 aliphatic heterocycles. The molecule has 0 aliphatic carbocycles. The number of carbonyl (C=O) groups excluding carboxylic acids is 1. The van der Waals surface area contributed by atoms with Gasteiger partial charge in [-0.15, -0.1) is 0 Å². The lowest BCUT2D eigenvalue weighted by atomic mass is 10.2. The summed E-state index contributed by atoms with van der Waals surface area (Å²) in [5, 5.41) is 2.72. The number of carbonyl (C=O) groups is 1. The molecule has 2 rings (SSSR count). The van der Waals surface area contributed by atoms with E-state index in [4.69, 9.17) is 0 Å². The highest BCUT2D eigenvalue weighted by molar-refractivity contribution is 5.91. The van der Waals surface area contributed by atoms with E-state index in [0.717, 1.165) is 11.1 Å². The number of amides is 1. The van der Waals surface area contributed by atoms with Crippen LogP contribution in [0.25, 0.3) is 6.08 Å². The summed E-state index contributed by atoms with van der Waals surface area (Å²) < 4.78 is 12.7. The van der Waals surface area contributed by atoms with Crippen molar-refractivity contribution in [3.05, 3.63) is 71.8 Å². The van der Waals surface area contributed by atoms with Crippen LogP contribution in [0.4, 0.5) is 4.39 Å². The second kappa shape index (κ2) is 6.44. The van der Waals surface area contributed by atoms with Crippen LogP contribution >= 0.6 is 0 Å². The average molecular weight is 256 g/mol. The second-order valence-electron chi connectivity index (χ2n) is 3.96. The lowest BCUT2D eigenvalue weighted by molar-refractivity contribution is -0.116. The molecule has 0 atom stereocenters. The van der Waals surface area contributed by atoms with Gasteiger partial charge in [0.05, 0.1) is 0 Å². The molecule has 3 nitrogen and oxygen atoms in total. The standard InChI is InChI=1S/C15H13FN2O/c16-14-6-3-13(4-7-14)11-18-15(19)8-5-12-2-1-9-17-10-12/h1-10H,11H2,(H,18,19)/b8-5+. The Kier molecular flexibility index (Phi) is 4.39. The van der Waals surface area contributed by atoms with Gasteiger partial charge in [-0.3, -0.25) is 9.78 Å². The maximum atomic E-state index is 12.7. The Bertz CT molecular complexity index is 564. The van der Waals surface area contributed by atoms with Crippen LogP contribution in [0, 0.1) is 5.82 Å². The molecule has 19 heavy (non-hydrogen) atoms. The molecule has 96 valence electrons. The predicted molar refractivity (Wildman–Crippen MR) is 71.5 cm³/mol. The smallest absolute Gasteiger partial charge is 0.244 e. The molecule has 0 saturated carbocycles. The summed E-state index contributed by atoms with van der Waals surface area (Å²) in [5.74, 6) is -0.486. The third-order valence-electron chi connectivity index (χ3n) is 2.49. The number of rotatable bonds is 4. The van der Waals surface area contributed by atoms with E-state index in [0.29, 0.717) is 6.54 Å². The van der Waals surface area contributed by atoms with Gasteiger partial charge in [-0.1, -0.05) is 18.2 Å². The average Bonchev–Trinajstić information content (AvgIpc) is 2.45. The van der Waals surface area contributed by atoms with E-state index < -0.39 is 0 Å². The van der Waals surface area contributed by atoms with Crippen molar-refractivity contribution in [2.24, 2.45) is 0 Å². The summed E-state index contributed by atoms with van der Waals surface area (Å²) >= 11 is 0. The summed E-state index contributed by atoms with van der Waals surface area (Å²) in [6, 6.07) is 9.67. The minimum Gasteiger partial charge on any atom is -0.348 e. The highest BCUT2D eigenvalue weighted by Crippen LogP contribution is 2.02. The van der Waals surface area contributed by atoms with E-state index in [1.54, 1.807) is 36.7 Å². The van der Waals surface area contributed by atoms with Crippen LogP contribution < -0.4 is 5.32 Å². The molecule has 1 aromatic heterocycles. The Morgan fingerprint density at radius 1 is 1.26 bits per heavy atom. The number of pyridine rings is 1. The second-order valence-corrected chi connectivity index (χ2v) is 3.96. The zero-order valence-corrected chi connectivity index (χ0v) is 10.2. The number of halogens is 1. The van der Waals surface area contributed by atoms with E-state index in [9.17, 15) is 9.18 Å². The highest BCUT2D eigenvalue weighted by Gasteiger charge is 1.97. The van der Waals surface area contributed by atoms with Gasteiger partial charge in [-0.05, 0) is 35.4 Å². The maximum Gasteiger partial charge on any atom is 0.244 e. The van der Waals surface area contributed by atoms with Gasteiger partial charge in [0, 0.05) is 25.0 Å². The Labute approximate surface area is 110 Å². The van der Waals surface area contributed by atoms with E-state index in [-0.39, 0.29) is 11.7 Å². The van der Waals surface area contributed by atoms with Gasteiger partial charge in [0.15, 0.2) is 0 Å². The van der Waals surface area contributed by atoms with Gasteiger partial charge in [0.25, 0.3) is 0 Å². The quantitative estimate of drug-likeness (QED) is 0.854. The predicted octanol–water partition coefficient (Wildman–Crippen LogP) is 2.55. The molecule has 0 spiro atoms. The van der Waals surface area contributed by atoms with Crippen molar-refractivity contribution in [2.75, 3.05) is 0 Å². The van der Waals surface area contributed by atoms with Crippen molar-refractivity contribution in [1.29, 1.82) is 0 Å². The molecule has 4 heteroatoms. The van der Waals surface area contributed by atoms with Crippen LogP contribution in [0.15, 0.2) is 54.9 Å². The summed E-state index contributed by atoms with van der Waals surface area (Å²) in [4.78, 5) is 15.5. The van der Waals surface area contributed by atoms with Gasteiger partial charge < -0.3 is 5.32 Å². The number of aromatic nitrogens is 1. The van der Waals surface area contributed by atoms with E-state index in [1.807, 2.05) is 6.07 Å². The van der Waals surface area contributed by atoms with Gasteiger partial charge in [0.2, 0.25) is 5.91 Å². The van der Waals surface area contributed by atoms with Gasteiger partial charge >= 0.3 is 0 Å². The molecule has 0 fully saturated rings. The zero-order valence-electron chi connectivity index (χ0n) is 10.2. The van der Waals surface area contributed by atoms with Crippen molar-refractivity contribution >= 4 is 12.0 Å². The minimum absolute atomic E-state index is 0.201. The Morgan fingerprint density at radius 2 is 2.05 bits per heavy atom. The lowest BCUT2D eigenvalue weighted by Gasteiger charge is -2.02. The molecule has 0 radical (unpaired) electrons. The molecule has 1 amide bonds. The number of nitrogens with one attached hydrogen (secondary N) is 1. The SMILES string of the molecule is O=C(/C=C/c1cccnc1)NCc1ccc(F)cc1. The maximum absolute atomic E-state index is 12.7. The van der Waals surface area contributed by atoms with Crippen LogP contribution in [-0.4, -0.2) is 10.9 Å². The van der Waals surface area contributed by atoms with Crippen LogP contribution in [-0.2, 0) is 11.3 Å². The lowest BCUT2D eigenvalue weighted by Crippen LogP contribution is -2.20. The number of hydrogen-bond acceptors (Lipinski definition) is 2. The first-order chi connectivity index (χ1) is 9.24. The molecule has 0 unspecified atom stereocenters. The molecule has 1 heterocycles. The Morgan fingerprint density at radius 3 is 2.74 bits per heavy atom. The molecule has 0 bridgehead atoms. The number of hydrogen-bond donors (Lipinski definition) is 1. The number of benzene rings is 1. The van der Waals surface area contributed by atoms with Gasteiger partial charge in [0.1, 0.15) is 5.82 Å².